The molecule has 1 aliphatic carbocycles. The molecular weight excluding hydrogens is 233 g/mol. The van der Waals surface area contributed by atoms with Crippen molar-refractivity contribution in [2.75, 3.05) is 7.05 Å². The Hall–Kier alpha value is -1.42. The van der Waals surface area contributed by atoms with Gasteiger partial charge < -0.3 is 10.4 Å². The fourth-order valence-electron chi connectivity index (χ4n) is 2.79. The predicted molar refractivity (Wildman–Crippen MR) is 66.9 cm³/mol. The molecule has 1 aromatic carbocycles. The Morgan fingerprint density at radius 2 is 2.17 bits per heavy atom. The van der Waals surface area contributed by atoms with Gasteiger partial charge in [0.1, 0.15) is 5.82 Å². The number of aryl methyl sites for hydroxylation is 1. The highest BCUT2D eigenvalue weighted by molar-refractivity contribution is 5.77. The Morgan fingerprint density at radius 1 is 1.50 bits per heavy atom. The fraction of sp³-hybridized carbons (Fsp3) is 0.500. The molecule has 0 spiro atoms. The third kappa shape index (κ3) is 1.90. The molecule has 18 heavy (non-hydrogen) atoms. The molecule has 0 amide bonds. The van der Waals surface area contributed by atoms with Crippen molar-refractivity contribution in [2.45, 2.75) is 32.2 Å². The zero-order valence-corrected chi connectivity index (χ0v) is 10.7. The Balaban J connectivity index is 2.38. The lowest BCUT2D eigenvalue weighted by Gasteiger charge is -2.44. The molecule has 98 valence electrons. The molecule has 1 aromatic rings. The number of hydrogen-bond acceptors (Lipinski definition) is 2. The standard InChI is InChI=1S/C14H18FNO2/c1-9-8-10(4-5-11(9)15)12(16-2)14(13(17)18)6-3-7-14/h4-5,8,12,16H,3,6-7H2,1-2H3,(H,17,18). The van der Waals surface area contributed by atoms with E-state index in [0.29, 0.717) is 18.4 Å². The quantitative estimate of drug-likeness (QED) is 0.865. The van der Waals surface area contributed by atoms with Crippen LogP contribution in [-0.2, 0) is 4.79 Å². The Bertz CT molecular complexity index is 469. The van der Waals surface area contributed by atoms with E-state index in [2.05, 4.69) is 5.32 Å². The summed E-state index contributed by atoms with van der Waals surface area (Å²) in [4.78, 5) is 11.5. The maximum Gasteiger partial charge on any atom is 0.311 e. The van der Waals surface area contributed by atoms with E-state index in [1.54, 1.807) is 26.1 Å². The molecule has 0 bridgehead atoms. The molecule has 1 saturated carbocycles. The molecule has 1 atom stereocenters. The first kappa shape index (κ1) is 13.0. The van der Waals surface area contributed by atoms with Crippen LogP contribution in [0, 0.1) is 18.2 Å². The fourth-order valence-corrected chi connectivity index (χ4v) is 2.79. The molecule has 0 heterocycles. The predicted octanol–water partition coefficient (Wildman–Crippen LogP) is 2.65. The van der Waals surface area contributed by atoms with Crippen LogP contribution in [0.25, 0.3) is 0 Å². The molecule has 1 unspecified atom stereocenters. The van der Waals surface area contributed by atoms with Crippen LogP contribution >= 0.6 is 0 Å². The molecule has 0 aromatic heterocycles. The van der Waals surface area contributed by atoms with Gasteiger partial charge in [0.15, 0.2) is 0 Å². The van der Waals surface area contributed by atoms with Gasteiger partial charge in [-0.1, -0.05) is 18.6 Å². The first-order chi connectivity index (χ1) is 8.51. The van der Waals surface area contributed by atoms with Crippen LogP contribution in [-0.4, -0.2) is 18.1 Å². The van der Waals surface area contributed by atoms with E-state index < -0.39 is 11.4 Å². The van der Waals surface area contributed by atoms with Crippen LogP contribution in [0.2, 0.25) is 0 Å². The van der Waals surface area contributed by atoms with Gasteiger partial charge in [-0.2, -0.15) is 0 Å². The van der Waals surface area contributed by atoms with Gasteiger partial charge >= 0.3 is 5.97 Å². The van der Waals surface area contributed by atoms with Crippen molar-refractivity contribution >= 4 is 5.97 Å². The minimum Gasteiger partial charge on any atom is -0.481 e. The van der Waals surface area contributed by atoms with Crippen LogP contribution in [0.4, 0.5) is 4.39 Å². The number of halogens is 1. The van der Waals surface area contributed by atoms with Gasteiger partial charge in [-0.05, 0) is 44.0 Å². The number of rotatable bonds is 4. The lowest BCUT2D eigenvalue weighted by atomic mass is 9.62. The molecule has 2 rings (SSSR count). The van der Waals surface area contributed by atoms with E-state index in [-0.39, 0.29) is 11.9 Å². The van der Waals surface area contributed by atoms with Gasteiger partial charge in [-0.15, -0.1) is 0 Å². The molecule has 4 heteroatoms. The molecule has 0 radical (unpaired) electrons. The number of aliphatic carboxylic acids is 1. The van der Waals surface area contributed by atoms with Crippen molar-refractivity contribution in [3.63, 3.8) is 0 Å². The van der Waals surface area contributed by atoms with Gasteiger partial charge in [0, 0.05) is 6.04 Å². The lowest BCUT2D eigenvalue weighted by molar-refractivity contribution is -0.157. The summed E-state index contributed by atoms with van der Waals surface area (Å²) in [5.74, 6) is -1.03. The van der Waals surface area contributed by atoms with Gasteiger partial charge in [0.05, 0.1) is 5.41 Å². The summed E-state index contributed by atoms with van der Waals surface area (Å²) in [6, 6.07) is 4.55. The molecule has 0 aliphatic heterocycles. The smallest absolute Gasteiger partial charge is 0.311 e. The SMILES string of the molecule is CNC(c1ccc(F)c(C)c1)C1(C(=O)O)CCC1. The number of benzene rings is 1. The van der Waals surface area contributed by atoms with Crippen LogP contribution in [0.5, 0.6) is 0 Å². The van der Waals surface area contributed by atoms with Crippen LogP contribution in [0.3, 0.4) is 0 Å². The van der Waals surface area contributed by atoms with Gasteiger partial charge in [0.2, 0.25) is 0 Å². The summed E-state index contributed by atoms with van der Waals surface area (Å²) in [6.07, 6.45) is 2.28. The van der Waals surface area contributed by atoms with Crippen LogP contribution < -0.4 is 5.32 Å². The minimum atomic E-state index is -0.768. The summed E-state index contributed by atoms with van der Waals surface area (Å²) in [6.45, 7) is 1.69. The van der Waals surface area contributed by atoms with E-state index in [9.17, 15) is 14.3 Å². The maximum atomic E-state index is 13.3. The summed E-state index contributed by atoms with van der Waals surface area (Å²) >= 11 is 0. The molecular formula is C14H18FNO2. The highest BCUT2D eigenvalue weighted by atomic mass is 19.1. The van der Waals surface area contributed by atoms with Crippen molar-refractivity contribution in [1.29, 1.82) is 0 Å². The maximum absolute atomic E-state index is 13.3. The van der Waals surface area contributed by atoms with E-state index in [4.69, 9.17) is 0 Å². The number of hydrogen-bond donors (Lipinski definition) is 2. The normalized spacial score (nSPS) is 19.1. The first-order valence-electron chi connectivity index (χ1n) is 6.18. The van der Waals surface area contributed by atoms with Crippen LogP contribution in [0.1, 0.15) is 36.4 Å². The Morgan fingerprint density at radius 3 is 2.56 bits per heavy atom. The van der Waals surface area contributed by atoms with Gasteiger partial charge in [0.25, 0.3) is 0 Å². The van der Waals surface area contributed by atoms with Crippen molar-refractivity contribution in [3.8, 4) is 0 Å². The largest absolute Gasteiger partial charge is 0.481 e. The van der Waals surface area contributed by atoms with E-state index in [1.807, 2.05) is 0 Å². The highest BCUT2D eigenvalue weighted by Crippen LogP contribution is 2.50. The monoisotopic (exact) mass is 251 g/mol. The summed E-state index contributed by atoms with van der Waals surface area (Å²) in [5, 5.41) is 12.5. The molecule has 1 fully saturated rings. The van der Waals surface area contributed by atoms with E-state index >= 15 is 0 Å². The Kier molecular flexibility index (Phi) is 3.39. The average molecular weight is 251 g/mol. The topological polar surface area (TPSA) is 49.3 Å². The van der Waals surface area contributed by atoms with Crippen molar-refractivity contribution in [1.82, 2.24) is 5.32 Å². The number of carbonyl (C=O) groups is 1. The minimum absolute atomic E-state index is 0.258. The van der Waals surface area contributed by atoms with E-state index in [0.717, 1.165) is 12.0 Å². The van der Waals surface area contributed by atoms with Crippen LogP contribution in [0.15, 0.2) is 18.2 Å². The lowest BCUT2D eigenvalue weighted by Crippen LogP contribution is -2.47. The zero-order chi connectivity index (χ0) is 13.3. The second kappa shape index (κ2) is 4.69. The summed E-state index contributed by atoms with van der Waals surface area (Å²) < 4.78 is 13.3. The number of carboxylic acids is 1. The van der Waals surface area contributed by atoms with E-state index in [1.165, 1.54) is 6.07 Å². The zero-order valence-electron chi connectivity index (χ0n) is 10.7. The number of carboxylic acid groups (broad SMARTS) is 1. The third-order valence-electron chi connectivity index (χ3n) is 4.03. The number of nitrogens with one attached hydrogen (secondary N) is 1. The Labute approximate surface area is 106 Å². The van der Waals surface area contributed by atoms with Crippen molar-refractivity contribution in [3.05, 3.63) is 35.1 Å². The average Bonchev–Trinajstić information content (AvgIpc) is 2.26. The molecule has 3 nitrogen and oxygen atoms in total. The third-order valence-corrected chi connectivity index (χ3v) is 4.03. The first-order valence-corrected chi connectivity index (χ1v) is 6.18. The van der Waals surface area contributed by atoms with Gasteiger partial charge in [-0.3, -0.25) is 4.79 Å². The summed E-state index contributed by atoms with van der Waals surface area (Å²) in [5.41, 5.74) is 0.657. The van der Waals surface area contributed by atoms with Gasteiger partial charge in [-0.25, -0.2) is 4.39 Å². The highest BCUT2D eigenvalue weighted by Gasteiger charge is 2.50. The van der Waals surface area contributed by atoms with Crippen molar-refractivity contribution < 1.29 is 14.3 Å². The molecule has 1 aliphatic rings. The second-order valence-corrected chi connectivity index (χ2v) is 5.05. The second-order valence-electron chi connectivity index (χ2n) is 5.05. The molecule has 0 saturated heterocycles. The molecule has 2 N–H and O–H groups in total. The van der Waals surface area contributed by atoms with Crippen molar-refractivity contribution in [2.24, 2.45) is 5.41 Å². The summed E-state index contributed by atoms with van der Waals surface area (Å²) in [7, 11) is 1.76.